The van der Waals surface area contributed by atoms with Crippen molar-refractivity contribution in [2.24, 2.45) is 0 Å². The van der Waals surface area contributed by atoms with E-state index in [2.05, 4.69) is 62.6 Å². The maximum atomic E-state index is 13.4. The highest BCUT2D eigenvalue weighted by Crippen LogP contribution is 2.24. The molecule has 0 spiro atoms. The number of carbonyl (C=O) groups excluding carboxylic acids is 2. The van der Waals surface area contributed by atoms with Crippen molar-refractivity contribution in [2.45, 2.75) is 77.7 Å². The number of hydrogen-bond acceptors (Lipinski definition) is 5. The van der Waals surface area contributed by atoms with Crippen LogP contribution in [0.4, 0.5) is 10.1 Å². The average molecular weight is 481 g/mol. The number of anilines is 1. The summed E-state index contributed by atoms with van der Waals surface area (Å²) in [6, 6.07) is 14.4. The molecule has 2 aromatic carbocycles. The van der Waals surface area contributed by atoms with Crippen molar-refractivity contribution in [3.63, 3.8) is 0 Å². The number of cyclic esters (lactones) is 1. The molecule has 1 unspecified atom stereocenters. The van der Waals surface area contributed by atoms with Crippen molar-refractivity contribution in [1.82, 2.24) is 5.32 Å². The zero-order valence-electron chi connectivity index (χ0n) is 21.2. The SMILES string of the molecule is CCCCCCC(Cc1ccc(C(C)(C)C)cc1)NC(Nc1ccc(F)cc1)=C1C(=O)COC1=O. The molecule has 188 valence electrons. The Bertz CT molecular complexity index is 1020. The second-order valence-corrected chi connectivity index (χ2v) is 10.2. The number of nitrogens with one attached hydrogen (secondary N) is 2. The zero-order valence-corrected chi connectivity index (χ0v) is 21.2. The number of rotatable bonds is 11. The first-order valence-electron chi connectivity index (χ1n) is 12.5. The summed E-state index contributed by atoms with van der Waals surface area (Å²) in [6.07, 6.45) is 6.08. The lowest BCUT2D eigenvalue weighted by Crippen LogP contribution is -2.36. The Morgan fingerprint density at radius 3 is 2.26 bits per heavy atom. The number of halogens is 1. The van der Waals surface area contributed by atoms with E-state index in [1.807, 2.05) is 0 Å². The molecular weight excluding hydrogens is 443 g/mol. The van der Waals surface area contributed by atoms with Crippen LogP contribution < -0.4 is 10.6 Å². The maximum absolute atomic E-state index is 13.4. The molecule has 1 saturated heterocycles. The van der Waals surface area contributed by atoms with Crippen LogP contribution in [0.5, 0.6) is 0 Å². The average Bonchev–Trinajstić information content (AvgIpc) is 3.15. The molecule has 5 nitrogen and oxygen atoms in total. The van der Waals surface area contributed by atoms with Crippen LogP contribution >= 0.6 is 0 Å². The minimum absolute atomic E-state index is 0.0102. The van der Waals surface area contributed by atoms with Gasteiger partial charge in [0.25, 0.3) is 0 Å². The number of ether oxygens (including phenoxy) is 1. The molecule has 6 heteroatoms. The number of unbranched alkanes of at least 4 members (excludes halogenated alkanes) is 3. The summed E-state index contributed by atoms with van der Waals surface area (Å²) in [5, 5.41) is 6.58. The minimum Gasteiger partial charge on any atom is -0.453 e. The fraction of sp³-hybridized carbons (Fsp3) is 0.448. The van der Waals surface area contributed by atoms with Crippen LogP contribution in [0, 0.1) is 5.82 Å². The van der Waals surface area contributed by atoms with Crippen molar-refractivity contribution in [3.8, 4) is 0 Å². The standard InChI is InChI=1S/C29H37FN2O3/c1-5-6-7-8-9-24(18-20-10-12-21(13-11-20)29(2,3)4)32-27(26-25(33)19-35-28(26)34)31-23-16-14-22(30)15-17-23/h10-17,24,31-32H,5-9,18-19H2,1-4H3. The zero-order chi connectivity index (χ0) is 25.4. The highest BCUT2D eigenvalue weighted by Gasteiger charge is 2.33. The summed E-state index contributed by atoms with van der Waals surface area (Å²) in [6.45, 7) is 8.49. The molecule has 1 aliphatic heterocycles. The first-order chi connectivity index (χ1) is 16.7. The fourth-order valence-corrected chi connectivity index (χ4v) is 4.15. The number of Topliss-reactive ketones (excluding diaryl/α,β-unsaturated/α-hetero) is 1. The fourth-order valence-electron chi connectivity index (χ4n) is 4.15. The molecule has 0 radical (unpaired) electrons. The summed E-state index contributed by atoms with van der Waals surface area (Å²) in [5.41, 5.74) is 3.09. The van der Waals surface area contributed by atoms with Gasteiger partial charge in [-0.25, -0.2) is 9.18 Å². The lowest BCUT2D eigenvalue weighted by molar-refractivity contribution is -0.135. The predicted molar refractivity (Wildman–Crippen MR) is 138 cm³/mol. The van der Waals surface area contributed by atoms with Gasteiger partial charge in [-0.2, -0.15) is 0 Å². The summed E-state index contributed by atoms with van der Waals surface area (Å²) in [4.78, 5) is 24.9. The molecule has 35 heavy (non-hydrogen) atoms. The number of carbonyl (C=O) groups is 2. The van der Waals surface area contributed by atoms with Gasteiger partial charge in [0.15, 0.2) is 6.61 Å². The molecule has 3 rings (SSSR count). The van der Waals surface area contributed by atoms with Gasteiger partial charge in [-0.3, -0.25) is 4.79 Å². The first-order valence-corrected chi connectivity index (χ1v) is 12.5. The Kier molecular flexibility index (Phi) is 9.07. The molecule has 1 fully saturated rings. The van der Waals surface area contributed by atoms with Crippen LogP contribution in [0.3, 0.4) is 0 Å². The molecule has 2 N–H and O–H groups in total. The highest BCUT2D eigenvalue weighted by molar-refractivity contribution is 6.22. The van der Waals surface area contributed by atoms with E-state index < -0.39 is 5.97 Å². The third-order valence-corrected chi connectivity index (χ3v) is 6.24. The Morgan fingerprint density at radius 1 is 1.00 bits per heavy atom. The van der Waals surface area contributed by atoms with Gasteiger partial charge in [0.05, 0.1) is 0 Å². The van der Waals surface area contributed by atoms with Gasteiger partial charge in [0.1, 0.15) is 17.2 Å². The Hall–Kier alpha value is -3.15. The molecule has 0 saturated carbocycles. The van der Waals surface area contributed by atoms with Crippen LogP contribution in [-0.4, -0.2) is 24.4 Å². The summed E-state index contributed by atoms with van der Waals surface area (Å²) >= 11 is 0. The number of benzene rings is 2. The summed E-state index contributed by atoms with van der Waals surface area (Å²) in [5.74, 6) is -1.06. The minimum atomic E-state index is -0.647. The van der Waals surface area contributed by atoms with E-state index >= 15 is 0 Å². The van der Waals surface area contributed by atoms with Gasteiger partial charge in [0, 0.05) is 11.7 Å². The smallest absolute Gasteiger partial charge is 0.346 e. The Labute approximate surface area is 208 Å². The van der Waals surface area contributed by atoms with Crippen LogP contribution in [0.1, 0.15) is 70.9 Å². The van der Waals surface area contributed by atoms with Crippen LogP contribution in [0.15, 0.2) is 59.9 Å². The van der Waals surface area contributed by atoms with E-state index in [-0.39, 0.29) is 35.2 Å². The van der Waals surface area contributed by atoms with Crippen LogP contribution in [0.25, 0.3) is 0 Å². The molecule has 1 atom stereocenters. The third-order valence-electron chi connectivity index (χ3n) is 6.24. The summed E-state index contributed by atoms with van der Waals surface area (Å²) < 4.78 is 18.4. The second kappa shape index (κ2) is 12.0. The van der Waals surface area contributed by atoms with Gasteiger partial charge in [0.2, 0.25) is 5.78 Å². The van der Waals surface area contributed by atoms with Gasteiger partial charge in [-0.05, 0) is 53.6 Å². The topological polar surface area (TPSA) is 67.4 Å². The normalized spacial score (nSPS) is 16.1. The van der Waals surface area contributed by atoms with E-state index in [4.69, 9.17) is 4.74 Å². The first kappa shape index (κ1) is 26.5. The van der Waals surface area contributed by atoms with Crippen molar-refractivity contribution in [2.75, 3.05) is 11.9 Å². The number of esters is 1. The van der Waals surface area contributed by atoms with Gasteiger partial charge >= 0.3 is 5.97 Å². The monoisotopic (exact) mass is 480 g/mol. The number of ketones is 1. The molecule has 1 aliphatic rings. The van der Waals surface area contributed by atoms with Crippen molar-refractivity contribution >= 4 is 17.4 Å². The predicted octanol–water partition coefficient (Wildman–Crippen LogP) is 6.04. The quantitative estimate of drug-likeness (QED) is 0.178. The van der Waals surface area contributed by atoms with Crippen molar-refractivity contribution in [3.05, 3.63) is 76.9 Å². The molecule has 2 aromatic rings. The molecule has 0 bridgehead atoms. The van der Waals surface area contributed by atoms with E-state index in [0.29, 0.717) is 11.5 Å². The molecule has 0 amide bonds. The molecule has 0 aliphatic carbocycles. The highest BCUT2D eigenvalue weighted by atomic mass is 19.1. The maximum Gasteiger partial charge on any atom is 0.346 e. The van der Waals surface area contributed by atoms with Crippen LogP contribution in [0.2, 0.25) is 0 Å². The van der Waals surface area contributed by atoms with Crippen molar-refractivity contribution < 1.29 is 18.7 Å². The Balaban J connectivity index is 1.86. The van der Waals surface area contributed by atoms with Gasteiger partial charge < -0.3 is 15.4 Å². The van der Waals surface area contributed by atoms with E-state index in [9.17, 15) is 14.0 Å². The summed E-state index contributed by atoms with van der Waals surface area (Å²) in [7, 11) is 0. The Morgan fingerprint density at radius 2 is 1.69 bits per heavy atom. The third kappa shape index (κ3) is 7.67. The largest absolute Gasteiger partial charge is 0.453 e. The molecular formula is C29H37FN2O3. The second-order valence-electron chi connectivity index (χ2n) is 10.2. The van der Waals surface area contributed by atoms with Gasteiger partial charge in [-0.1, -0.05) is 77.6 Å². The number of hydrogen-bond donors (Lipinski definition) is 2. The van der Waals surface area contributed by atoms with E-state index in [0.717, 1.165) is 32.1 Å². The van der Waals surface area contributed by atoms with Gasteiger partial charge in [-0.15, -0.1) is 0 Å². The van der Waals surface area contributed by atoms with E-state index in [1.165, 1.54) is 29.7 Å². The molecule has 0 aromatic heterocycles. The molecule has 1 heterocycles. The van der Waals surface area contributed by atoms with Crippen LogP contribution in [-0.2, 0) is 26.2 Å². The van der Waals surface area contributed by atoms with Crippen molar-refractivity contribution in [1.29, 1.82) is 0 Å². The van der Waals surface area contributed by atoms with E-state index in [1.54, 1.807) is 12.1 Å². The lowest BCUT2D eigenvalue weighted by atomic mass is 9.86. The lowest BCUT2D eigenvalue weighted by Gasteiger charge is -2.24.